The summed E-state index contributed by atoms with van der Waals surface area (Å²) in [6.45, 7) is 3.18. The van der Waals surface area contributed by atoms with Crippen LogP contribution in [0, 0.1) is 0 Å². The van der Waals surface area contributed by atoms with Gasteiger partial charge in [-0.1, -0.05) is 0 Å². The van der Waals surface area contributed by atoms with Crippen LogP contribution in [0.5, 0.6) is 5.75 Å². The van der Waals surface area contributed by atoms with E-state index in [-0.39, 0.29) is 0 Å². The molecule has 112 valence electrons. The maximum Gasteiger partial charge on any atom is 0.151 e. The Labute approximate surface area is 127 Å². The van der Waals surface area contributed by atoms with E-state index in [1.165, 1.54) is 0 Å². The van der Waals surface area contributed by atoms with Gasteiger partial charge < -0.3 is 18.9 Å². The van der Waals surface area contributed by atoms with Crippen LogP contribution >= 0.6 is 15.9 Å². The summed E-state index contributed by atoms with van der Waals surface area (Å²) < 4.78 is 21.7. The van der Waals surface area contributed by atoms with Crippen molar-refractivity contribution < 1.29 is 23.7 Å². The highest BCUT2D eigenvalue weighted by atomic mass is 79.9. The molecule has 0 unspecified atom stereocenters. The standard InChI is InChI=1S/C14H19BrO5/c1-17-4-5-18-6-7-19-8-9-20-13-3-2-12(11-16)14(15)10-13/h2-3,10-11H,4-9H2,1H3. The molecular formula is C14H19BrO5. The number of carbonyl (C=O) groups is 1. The van der Waals surface area contributed by atoms with Crippen LogP contribution in [0.2, 0.25) is 0 Å². The van der Waals surface area contributed by atoms with Crippen molar-refractivity contribution >= 4 is 22.2 Å². The number of halogens is 1. The monoisotopic (exact) mass is 346 g/mol. The molecule has 6 heteroatoms. The highest BCUT2D eigenvalue weighted by molar-refractivity contribution is 9.10. The number of aldehydes is 1. The summed E-state index contributed by atoms with van der Waals surface area (Å²) in [7, 11) is 1.64. The van der Waals surface area contributed by atoms with Gasteiger partial charge in [0, 0.05) is 17.1 Å². The van der Waals surface area contributed by atoms with Gasteiger partial charge in [0.2, 0.25) is 0 Å². The third-order valence-electron chi connectivity index (χ3n) is 2.40. The largest absolute Gasteiger partial charge is 0.491 e. The van der Waals surface area contributed by atoms with Crippen molar-refractivity contribution in [3.63, 3.8) is 0 Å². The average Bonchev–Trinajstić information content (AvgIpc) is 2.46. The molecule has 0 saturated heterocycles. The smallest absolute Gasteiger partial charge is 0.151 e. The van der Waals surface area contributed by atoms with E-state index in [9.17, 15) is 4.79 Å². The van der Waals surface area contributed by atoms with E-state index >= 15 is 0 Å². The molecule has 0 radical (unpaired) electrons. The van der Waals surface area contributed by atoms with Gasteiger partial charge in [0.25, 0.3) is 0 Å². The van der Waals surface area contributed by atoms with Gasteiger partial charge in [0.05, 0.1) is 33.0 Å². The molecule has 0 spiro atoms. The number of hydrogen-bond acceptors (Lipinski definition) is 5. The SMILES string of the molecule is COCCOCCOCCOc1ccc(C=O)c(Br)c1. The summed E-state index contributed by atoms with van der Waals surface area (Å²) in [5.41, 5.74) is 0.599. The van der Waals surface area contributed by atoms with Crippen LogP contribution in [-0.4, -0.2) is 53.0 Å². The second kappa shape index (κ2) is 10.8. The van der Waals surface area contributed by atoms with Crippen LogP contribution in [0.1, 0.15) is 10.4 Å². The van der Waals surface area contributed by atoms with Crippen molar-refractivity contribution in [2.45, 2.75) is 0 Å². The van der Waals surface area contributed by atoms with E-state index in [0.29, 0.717) is 51.0 Å². The predicted octanol–water partition coefficient (Wildman–Crippen LogP) is 2.32. The van der Waals surface area contributed by atoms with E-state index in [1.54, 1.807) is 25.3 Å². The Morgan fingerprint density at radius 2 is 1.70 bits per heavy atom. The van der Waals surface area contributed by atoms with Crippen LogP contribution < -0.4 is 4.74 Å². The minimum Gasteiger partial charge on any atom is -0.491 e. The van der Waals surface area contributed by atoms with Gasteiger partial charge in [-0.15, -0.1) is 0 Å². The van der Waals surface area contributed by atoms with Gasteiger partial charge in [0.1, 0.15) is 12.4 Å². The molecule has 1 aromatic carbocycles. The number of benzene rings is 1. The molecule has 0 saturated carbocycles. The summed E-state index contributed by atoms with van der Waals surface area (Å²) in [6.07, 6.45) is 0.792. The summed E-state index contributed by atoms with van der Waals surface area (Å²) in [6, 6.07) is 5.22. The molecule has 0 amide bonds. The minimum atomic E-state index is 0.449. The Bertz CT molecular complexity index is 397. The number of ether oxygens (including phenoxy) is 4. The van der Waals surface area contributed by atoms with Crippen molar-refractivity contribution in [2.24, 2.45) is 0 Å². The molecular weight excluding hydrogens is 328 g/mol. The molecule has 0 N–H and O–H groups in total. The van der Waals surface area contributed by atoms with Gasteiger partial charge in [-0.05, 0) is 34.1 Å². The first-order chi connectivity index (χ1) is 9.77. The highest BCUT2D eigenvalue weighted by Gasteiger charge is 2.01. The van der Waals surface area contributed by atoms with Gasteiger partial charge >= 0.3 is 0 Å². The number of methoxy groups -OCH3 is 1. The molecule has 0 atom stereocenters. The number of hydrogen-bond donors (Lipinski definition) is 0. The molecule has 0 aromatic heterocycles. The van der Waals surface area contributed by atoms with Crippen LogP contribution in [0.3, 0.4) is 0 Å². The molecule has 1 rings (SSSR count). The molecule has 5 nitrogen and oxygen atoms in total. The normalized spacial score (nSPS) is 10.5. The third kappa shape index (κ3) is 7.00. The lowest BCUT2D eigenvalue weighted by Crippen LogP contribution is -2.12. The summed E-state index contributed by atoms with van der Waals surface area (Å²) in [5, 5.41) is 0. The Balaban J connectivity index is 2.06. The van der Waals surface area contributed by atoms with Crippen LogP contribution in [0.4, 0.5) is 0 Å². The molecule has 0 bridgehead atoms. The summed E-state index contributed by atoms with van der Waals surface area (Å²) >= 11 is 3.30. The Morgan fingerprint density at radius 3 is 2.30 bits per heavy atom. The van der Waals surface area contributed by atoms with Gasteiger partial charge in [-0.2, -0.15) is 0 Å². The second-order valence-electron chi connectivity index (χ2n) is 3.87. The summed E-state index contributed by atoms with van der Waals surface area (Å²) in [5.74, 6) is 0.697. The van der Waals surface area contributed by atoms with Crippen molar-refractivity contribution in [1.82, 2.24) is 0 Å². The lowest BCUT2D eigenvalue weighted by molar-refractivity contribution is 0.0179. The molecule has 20 heavy (non-hydrogen) atoms. The zero-order chi connectivity index (χ0) is 14.6. The van der Waals surface area contributed by atoms with Crippen LogP contribution in [-0.2, 0) is 14.2 Å². The zero-order valence-corrected chi connectivity index (χ0v) is 13.1. The fraction of sp³-hybridized carbons (Fsp3) is 0.500. The molecule has 0 aliphatic heterocycles. The first-order valence-electron chi connectivity index (χ1n) is 6.30. The fourth-order valence-electron chi connectivity index (χ4n) is 1.38. The van der Waals surface area contributed by atoms with Gasteiger partial charge in [-0.3, -0.25) is 4.79 Å². The second-order valence-corrected chi connectivity index (χ2v) is 4.72. The Morgan fingerprint density at radius 1 is 1.05 bits per heavy atom. The highest BCUT2D eigenvalue weighted by Crippen LogP contribution is 2.21. The lowest BCUT2D eigenvalue weighted by atomic mass is 10.2. The molecule has 0 aliphatic rings. The number of carbonyl (C=O) groups excluding carboxylic acids is 1. The minimum absolute atomic E-state index is 0.449. The van der Waals surface area contributed by atoms with E-state index in [0.717, 1.165) is 10.8 Å². The maximum atomic E-state index is 10.7. The summed E-state index contributed by atoms with van der Waals surface area (Å²) in [4.78, 5) is 10.7. The average molecular weight is 347 g/mol. The van der Waals surface area contributed by atoms with E-state index in [2.05, 4.69) is 15.9 Å². The first kappa shape index (κ1) is 17.1. The molecule has 0 fully saturated rings. The lowest BCUT2D eigenvalue weighted by Gasteiger charge is -2.08. The van der Waals surface area contributed by atoms with E-state index in [1.807, 2.05) is 0 Å². The molecule has 0 aliphatic carbocycles. The maximum absolute atomic E-state index is 10.7. The Hall–Kier alpha value is -0.950. The fourth-order valence-corrected chi connectivity index (χ4v) is 1.83. The first-order valence-corrected chi connectivity index (χ1v) is 7.09. The number of rotatable bonds is 11. The topological polar surface area (TPSA) is 54.0 Å². The van der Waals surface area contributed by atoms with Gasteiger partial charge in [0.15, 0.2) is 6.29 Å². The van der Waals surface area contributed by atoms with Crippen LogP contribution in [0.25, 0.3) is 0 Å². The predicted molar refractivity (Wildman–Crippen MR) is 78.5 cm³/mol. The zero-order valence-electron chi connectivity index (χ0n) is 11.5. The molecule has 1 aromatic rings. The quantitative estimate of drug-likeness (QED) is 0.454. The Kier molecular flexibility index (Phi) is 9.23. The van der Waals surface area contributed by atoms with E-state index < -0.39 is 0 Å². The van der Waals surface area contributed by atoms with Crippen molar-refractivity contribution in [3.8, 4) is 5.75 Å². The van der Waals surface area contributed by atoms with Crippen molar-refractivity contribution in [1.29, 1.82) is 0 Å². The van der Waals surface area contributed by atoms with Gasteiger partial charge in [-0.25, -0.2) is 0 Å². The molecule has 0 heterocycles. The van der Waals surface area contributed by atoms with Crippen molar-refractivity contribution in [2.75, 3.05) is 46.8 Å². The van der Waals surface area contributed by atoms with Crippen LogP contribution in [0.15, 0.2) is 22.7 Å². The van der Waals surface area contributed by atoms with Crippen molar-refractivity contribution in [3.05, 3.63) is 28.2 Å². The third-order valence-corrected chi connectivity index (χ3v) is 3.09. The van der Waals surface area contributed by atoms with E-state index in [4.69, 9.17) is 18.9 Å².